The number of fused-ring (bicyclic) bond motifs is 1. The first-order valence-corrected chi connectivity index (χ1v) is 9.46. The van der Waals surface area contributed by atoms with Crippen LogP contribution >= 0.6 is 11.8 Å². The fourth-order valence-electron chi connectivity index (χ4n) is 3.16. The summed E-state index contributed by atoms with van der Waals surface area (Å²) in [5.41, 5.74) is 3.10. The Bertz CT molecular complexity index is 443. The second kappa shape index (κ2) is 7.69. The quantitative estimate of drug-likeness (QED) is 0.757. The Morgan fingerprint density at radius 3 is 2.48 bits per heavy atom. The summed E-state index contributed by atoms with van der Waals surface area (Å²) in [5.74, 6) is 1.42. The largest absolute Gasteiger partial charge is 0.309 e. The van der Waals surface area contributed by atoms with Gasteiger partial charge in [-0.25, -0.2) is 0 Å². The van der Waals surface area contributed by atoms with Crippen molar-refractivity contribution in [1.82, 2.24) is 5.32 Å². The van der Waals surface area contributed by atoms with Crippen LogP contribution in [-0.4, -0.2) is 17.0 Å². The topological polar surface area (TPSA) is 12.0 Å². The molecule has 0 heterocycles. The smallest absolute Gasteiger partial charge is 0.0443 e. The van der Waals surface area contributed by atoms with Crippen molar-refractivity contribution in [3.63, 3.8) is 0 Å². The fourth-order valence-corrected chi connectivity index (χ4v) is 4.83. The van der Waals surface area contributed by atoms with Crippen molar-refractivity contribution in [3.05, 3.63) is 35.4 Å². The zero-order chi connectivity index (χ0) is 15.4. The Morgan fingerprint density at radius 2 is 1.86 bits per heavy atom. The summed E-state index contributed by atoms with van der Waals surface area (Å²) in [4.78, 5) is 0. The lowest BCUT2D eigenvalue weighted by molar-refractivity contribution is 0.442. The number of hydrogen-bond acceptors (Lipinski definition) is 2. The molecule has 1 N–H and O–H groups in total. The average molecular weight is 306 g/mol. The van der Waals surface area contributed by atoms with Gasteiger partial charge in [0.25, 0.3) is 0 Å². The summed E-state index contributed by atoms with van der Waals surface area (Å²) in [6.07, 6.45) is 2.49. The molecule has 0 saturated carbocycles. The molecule has 0 radical (unpaired) electrons. The van der Waals surface area contributed by atoms with E-state index >= 15 is 0 Å². The highest BCUT2D eigenvalue weighted by Gasteiger charge is 2.34. The molecule has 0 amide bonds. The van der Waals surface area contributed by atoms with Gasteiger partial charge in [-0.3, -0.25) is 0 Å². The van der Waals surface area contributed by atoms with E-state index in [4.69, 9.17) is 0 Å². The number of nitrogens with one attached hydrogen (secondary N) is 1. The van der Waals surface area contributed by atoms with Gasteiger partial charge in [-0.1, -0.05) is 58.9 Å². The molecular formula is C19H31NS. The molecule has 0 fully saturated rings. The van der Waals surface area contributed by atoms with E-state index in [1.54, 1.807) is 5.56 Å². The molecule has 4 unspecified atom stereocenters. The highest BCUT2D eigenvalue weighted by atomic mass is 32.2. The SMILES string of the molecule is CCCNC1c2ccccc2C(C)CC1SC(C)C(C)C. The zero-order valence-corrected chi connectivity index (χ0v) is 15.0. The van der Waals surface area contributed by atoms with Crippen molar-refractivity contribution < 1.29 is 0 Å². The van der Waals surface area contributed by atoms with Crippen LogP contribution in [0.5, 0.6) is 0 Å². The maximum atomic E-state index is 3.82. The molecule has 0 spiro atoms. The van der Waals surface area contributed by atoms with Gasteiger partial charge in [0, 0.05) is 16.5 Å². The molecule has 0 aromatic heterocycles. The maximum Gasteiger partial charge on any atom is 0.0443 e. The molecule has 0 bridgehead atoms. The van der Waals surface area contributed by atoms with Gasteiger partial charge in [0.2, 0.25) is 0 Å². The van der Waals surface area contributed by atoms with Crippen molar-refractivity contribution >= 4 is 11.8 Å². The van der Waals surface area contributed by atoms with Crippen LogP contribution in [0.4, 0.5) is 0 Å². The Morgan fingerprint density at radius 1 is 1.19 bits per heavy atom. The summed E-state index contributed by atoms with van der Waals surface area (Å²) >= 11 is 2.19. The lowest BCUT2D eigenvalue weighted by atomic mass is 9.80. The number of thioether (sulfide) groups is 1. The predicted molar refractivity (Wildman–Crippen MR) is 96.2 cm³/mol. The van der Waals surface area contributed by atoms with Crippen LogP contribution < -0.4 is 5.32 Å². The van der Waals surface area contributed by atoms with Gasteiger partial charge in [0.1, 0.15) is 0 Å². The Balaban J connectivity index is 2.23. The summed E-state index contributed by atoms with van der Waals surface area (Å²) < 4.78 is 0. The summed E-state index contributed by atoms with van der Waals surface area (Å²) in [6.45, 7) is 12.8. The van der Waals surface area contributed by atoms with Crippen LogP contribution in [0.1, 0.15) is 70.5 Å². The second-order valence-electron chi connectivity index (χ2n) is 6.82. The average Bonchev–Trinajstić information content (AvgIpc) is 2.47. The molecule has 1 aliphatic carbocycles. The second-order valence-corrected chi connectivity index (χ2v) is 8.44. The molecule has 0 aliphatic heterocycles. The Labute approximate surface area is 135 Å². The first kappa shape index (κ1) is 16.9. The maximum absolute atomic E-state index is 3.82. The van der Waals surface area contributed by atoms with E-state index in [-0.39, 0.29) is 0 Å². The predicted octanol–water partition coefficient (Wildman–Crippen LogP) is 5.38. The van der Waals surface area contributed by atoms with E-state index in [1.807, 2.05) is 0 Å². The van der Waals surface area contributed by atoms with Crippen LogP contribution in [0.25, 0.3) is 0 Å². The molecule has 4 atom stereocenters. The molecule has 2 rings (SSSR count). The monoisotopic (exact) mass is 305 g/mol. The van der Waals surface area contributed by atoms with Gasteiger partial charge in [0.05, 0.1) is 0 Å². The van der Waals surface area contributed by atoms with Gasteiger partial charge in [-0.05, 0) is 42.3 Å². The van der Waals surface area contributed by atoms with Crippen molar-refractivity contribution in [2.75, 3.05) is 6.54 Å². The van der Waals surface area contributed by atoms with Crippen LogP contribution in [-0.2, 0) is 0 Å². The highest BCUT2D eigenvalue weighted by Crippen LogP contribution is 2.44. The normalized spacial score (nSPS) is 26.7. The van der Waals surface area contributed by atoms with E-state index in [0.717, 1.165) is 17.7 Å². The minimum absolute atomic E-state index is 0.517. The van der Waals surface area contributed by atoms with Gasteiger partial charge in [0.15, 0.2) is 0 Å². The van der Waals surface area contributed by atoms with E-state index in [9.17, 15) is 0 Å². The minimum atomic E-state index is 0.517. The molecule has 1 nitrogen and oxygen atoms in total. The fraction of sp³-hybridized carbons (Fsp3) is 0.684. The van der Waals surface area contributed by atoms with E-state index in [2.05, 4.69) is 76.0 Å². The minimum Gasteiger partial charge on any atom is -0.309 e. The molecule has 1 aromatic rings. The Hall–Kier alpha value is -0.470. The van der Waals surface area contributed by atoms with Gasteiger partial charge < -0.3 is 5.32 Å². The van der Waals surface area contributed by atoms with E-state index in [1.165, 1.54) is 18.4 Å². The van der Waals surface area contributed by atoms with Crippen molar-refractivity contribution in [2.45, 2.75) is 69.9 Å². The lowest BCUT2D eigenvalue weighted by Crippen LogP contribution is -2.37. The van der Waals surface area contributed by atoms with E-state index in [0.29, 0.717) is 17.2 Å². The van der Waals surface area contributed by atoms with Crippen LogP contribution in [0.2, 0.25) is 0 Å². The van der Waals surface area contributed by atoms with Gasteiger partial charge in [-0.15, -0.1) is 0 Å². The molecule has 21 heavy (non-hydrogen) atoms. The van der Waals surface area contributed by atoms with Crippen LogP contribution in [0.15, 0.2) is 24.3 Å². The molecular weight excluding hydrogens is 274 g/mol. The molecule has 2 heteroatoms. The van der Waals surface area contributed by atoms with Crippen molar-refractivity contribution in [1.29, 1.82) is 0 Å². The third-order valence-electron chi connectivity index (χ3n) is 4.76. The van der Waals surface area contributed by atoms with E-state index < -0.39 is 0 Å². The molecule has 1 aromatic carbocycles. The highest BCUT2D eigenvalue weighted by molar-refractivity contribution is 8.00. The number of benzene rings is 1. The third kappa shape index (κ3) is 4.04. The van der Waals surface area contributed by atoms with Crippen LogP contribution in [0, 0.1) is 5.92 Å². The zero-order valence-electron chi connectivity index (χ0n) is 14.2. The van der Waals surface area contributed by atoms with Crippen LogP contribution in [0.3, 0.4) is 0 Å². The van der Waals surface area contributed by atoms with Crippen molar-refractivity contribution in [2.24, 2.45) is 5.92 Å². The Kier molecular flexibility index (Phi) is 6.19. The van der Waals surface area contributed by atoms with Gasteiger partial charge in [-0.2, -0.15) is 11.8 Å². The molecule has 118 valence electrons. The first-order valence-electron chi connectivity index (χ1n) is 8.52. The summed E-state index contributed by atoms with van der Waals surface area (Å²) in [6, 6.07) is 9.57. The van der Waals surface area contributed by atoms with Crippen molar-refractivity contribution in [3.8, 4) is 0 Å². The summed E-state index contributed by atoms with van der Waals surface area (Å²) in [5, 5.41) is 5.24. The summed E-state index contributed by atoms with van der Waals surface area (Å²) in [7, 11) is 0. The molecule has 1 aliphatic rings. The molecule has 0 saturated heterocycles. The third-order valence-corrected chi connectivity index (χ3v) is 6.55. The number of rotatable bonds is 6. The lowest BCUT2D eigenvalue weighted by Gasteiger charge is -2.39. The number of hydrogen-bond donors (Lipinski definition) is 1. The first-order chi connectivity index (χ1) is 10.0. The standard InChI is InChI=1S/C19H31NS/c1-6-11-20-19-17-10-8-7-9-16(17)14(4)12-18(19)21-15(5)13(2)3/h7-10,13-15,18-20H,6,11-12H2,1-5H3. The van der Waals surface area contributed by atoms with Gasteiger partial charge >= 0.3 is 0 Å².